The number of benzene rings is 2. The van der Waals surface area contributed by atoms with Crippen LogP contribution in [0.25, 0.3) is 11.4 Å². The second-order valence-electron chi connectivity index (χ2n) is 11.3. The Morgan fingerprint density at radius 1 is 1.16 bits per heavy atom. The minimum atomic E-state index is -0.677. The molecule has 1 aliphatic carbocycles. The maximum absolute atomic E-state index is 14.8. The molecule has 11 heteroatoms. The molecule has 43 heavy (non-hydrogen) atoms. The molecule has 1 aliphatic heterocycles. The number of piperazine rings is 1. The van der Waals surface area contributed by atoms with Crippen molar-refractivity contribution in [2.75, 3.05) is 39.3 Å². The predicted molar refractivity (Wildman–Crippen MR) is 157 cm³/mol. The fraction of sp³-hybridized carbons (Fsp3) is 0.469. The smallest absolute Gasteiger partial charge is 0.251 e. The molecule has 1 N–H and O–H groups in total. The fourth-order valence-electron chi connectivity index (χ4n) is 5.69. The number of ether oxygens (including phenoxy) is 1. The quantitative estimate of drug-likeness (QED) is 0.331. The highest BCUT2D eigenvalue weighted by atomic mass is 19.1. The second kappa shape index (κ2) is 14.2. The number of nitriles is 1. The maximum atomic E-state index is 14.8. The zero-order valence-electron chi connectivity index (χ0n) is 24.4. The van der Waals surface area contributed by atoms with E-state index in [1.165, 1.54) is 37.8 Å². The number of hydrogen-bond donors (Lipinski definition) is 1. The third-order valence-electron chi connectivity index (χ3n) is 8.13. The highest BCUT2D eigenvalue weighted by molar-refractivity contribution is 5.97. The van der Waals surface area contributed by atoms with Gasteiger partial charge >= 0.3 is 0 Å². The minimum absolute atomic E-state index is 0.135. The molecule has 0 spiro atoms. The Morgan fingerprint density at radius 2 is 1.95 bits per heavy atom. The van der Waals surface area contributed by atoms with Crippen molar-refractivity contribution >= 4 is 11.8 Å². The summed E-state index contributed by atoms with van der Waals surface area (Å²) >= 11 is 0. The third-order valence-corrected chi connectivity index (χ3v) is 8.13. The monoisotopic (exact) mass is 588 g/mol. The molecule has 2 amide bonds. The van der Waals surface area contributed by atoms with Crippen LogP contribution in [0.4, 0.5) is 4.39 Å². The Balaban J connectivity index is 1.01. The summed E-state index contributed by atoms with van der Waals surface area (Å²) in [4.78, 5) is 33.8. The Hall–Kier alpha value is -4.30. The van der Waals surface area contributed by atoms with E-state index in [1.807, 2.05) is 6.07 Å². The van der Waals surface area contributed by atoms with Gasteiger partial charge in [0.25, 0.3) is 5.91 Å². The summed E-state index contributed by atoms with van der Waals surface area (Å²) in [6, 6.07) is 12.4. The van der Waals surface area contributed by atoms with Gasteiger partial charge in [-0.3, -0.25) is 14.5 Å². The van der Waals surface area contributed by atoms with Gasteiger partial charge in [-0.25, -0.2) is 4.39 Å². The highest BCUT2D eigenvalue weighted by Crippen LogP contribution is 2.29. The average molecular weight is 589 g/mol. The fourth-order valence-corrected chi connectivity index (χ4v) is 5.69. The lowest BCUT2D eigenvalue weighted by Gasteiger charge is -2.36. The van der Waals surface area contributed by atoms with E-state index < -0.39 is 11.9 Å². The lowest BCUT2D eigenvalue weighted by Crippen LogP contribution is -2.54. The molecule has 0 unspecified atom stereocenters. The highest BCUT2D eigenvalue weighted by Gasteiger charge is 2.26. The number of hydrogen-bond acceptors (Lipinski definition) is 8. The summed E-state index contributed by atoms with van der Waals surface area (Å²) in [7, 11) is 0. The number of amides is 2. The van der Waals surface area contributed by atoms with E-state index >= 15 is 0 Å². The number of carbonyl (C=O) groups is 2. The van der Waals surface area contributed by atoms with Gasteiger partial charge in [0.15, 0.2) is 0 Å². The van der Waals surface area contributed by atoms with Crippen LogP contribution in [-0.2, 0) is 11.2 Å². The molecule has 1 aromatic heterocycles. The van der Waals surface area contributed by atoms with Crippen LogP contribution in [0.5, 0.6) is 5.75 Å². The summed E-state index contributed by atoms with van der Waals surface area (Å²) in [5.41, 5.74) is 1.03. The zero-order valence-corrected chi connectivity index (χ0v) is 24.4. The van der Waals surface area contributed by atoms with Crippen LogP contribution in [0.2, 0.25) is 0 Å². The minimum Gasteiger partial charge on any atom is -0.493 e. The number of aromatic nitrogens is 2. The number of carbonyl (C=O) groups excluding carboxylic acids is 2. The van der Waals surface area contributed by atoms with Gasteiger partial charge in [0.1, 0.15) is 17.6 Å². The van der Waals surface area contributed by atoms with Gasteiger partial charge in [-0.2, -0.15) is 10.2 Å². The Kier molecular flexibility index (Phi) is 10.00. The first-order valence-electron chi connectivity index (χ1n) is 15.0. The van der Waals surface area contributed by atoms with Crippen molar-refractivity contribution in [1.82, 2.24) is 25.3 Å². The van der Waals surface area contributed by atoms with Crippen LogP contribution in [0, 0.1) is 23.1 Å². The van der Waals surface area contributed by atoms with Crippen molar-refractivity contribution in [2.24, 2.45) is 5.92 Å². The van der Waals surface area contributed by atoms with E-state index in [-0.39, 0.29) is 17.6 Å². The molecule has 2 fully saturated rings. The summed E-state index contributed by atoms with van der Waals surface area (Å²) in [5.74, 6) is 0.872. The molecule has 0 radical (unpaired) electrons. The van der Waals surface area contributed by atoms with E-state index in [0.29, 0.717) is 67.0 Å². The standard InChI is InChI=1S/C32H37FN6O4/c1-22(35-31(40)25-9-4-8-24(18-25)21-34)32(41)39-15-13-38(14-16-39)12-5-17-42-26-10-11-27(28(33)20-26)30-36-29(43-37-30)19-23-6-2-3-7-23/h4,8-11,18,20,22-23H,2-3,5-7,12-17,19H2,1H3,(H,35,40)/t22-/m1/s1. The molecule has 1 atom stereocenters. The van der Waals surface area contributed by atoms with Gasteiger partial charge in [0.2, 0.25) is 17.6 Å². The van der Waals surface area contributed by atoms with Crippen LogP contribution in [0.1, 0.15) is 60.8 Å². The van der Waals surface area contributed by atoms with Crippen molar-refractivity contribution in [3.63, 3.8) is 0 Å². The van der Waals surface area contributed by atoms with Crippen molar-refractivity contribution < 1.29 is 23.2 Å². The maximum Gasteiger partial charge on any atom is 0.251 e. The zero-order chi connectivity index (χ0) is 30.2. The topological polar surface area (TPSA) is 125 Å². The summed E-state index contributed by atoms with van der Waals surface area (Å²) in [6.45, 7) is 5.45. The van der Waals surface area contributed by atoms with Gasteiger partial charge in [0, 0.05) is 50.8 Å². The molecule has 3 aromatic rings. The molecule has 2 aromatic carbocycles. The second-order valence-corrected chi connectivity index (χ2v) is 11.3. The Labute approximate surface area is 250 Å². The van der Waals surface area contributed by atoms with Crippen molar-refractivity contribution in [1.29, 1.82) is 5.26 Å². The molecule has 5 rings (SSSR count). The van der Waals surface area contributed by atoms with Gasteiger partial charge in [-0.1, -0.05) is 24.1 Å². The number of rotatable bonds is 11. The van der Waals surface area contributed by atoms with Crippen LogP contribution in [0.3, 0.4) is 0 Å². The molecule has 226 valence electrons. The third kappa shape index (κ3) is 7.96. The van der Waals surface area contributed by atoms with Crippen LogP contribution >= 0.6 is 0 Å². The molecule has 1 saturated carbocycles. The lowest BCUT2D eigenvalue weighted by molar-refractivity contribution is -0.134. The average Bonchev–Trinajstić information content (AvgIpc) is 3.72. The summed E-state index contributed by atoms with van der Waals surface area (Å²) < 4.78 is 26.0. The Morgan fingerprint density at radius 3 is 2.70 bits per heavy atom. The summed E-state index contributed by atoms with van der Waals surface area (Å²) in [5, 5.41) is 15.8. The van der Waals surface area contributed by atoms with Crippen molar-refractivity contribution in [3.8, 4) is 23.2 Å². The van der Waals surface area contributed by atoms with Crippen molar-refractivity contribution in [3.05, 3.63) is 65.3 Å². The number of halogens is 1. The first-order chi connectivity index (χ1) is 20.9. The van der Waals surface area contributed by atoms with E-state index in [2.05, 4.69) is 20.4 Å². The predicted octanol–water partition coefficient (Wildman–Crippen LogP) is 4.21. The van der Waals surface area contributed by atoms with E-state index in [1.54, 1.807) is 42.2 Å². The lowest BCUT2D eigenvalue weighted by atomic mass is 10.0. The van der Waals surface area contributed by atoms with E-state index in [9.17, 15) is 14.0 Å². The van der Waals surface area contributed by atoms with Crippen molar-refractivity contribution in [2.45, 2.75) is 51.5 Å². The van der Waals surface area contributed by atoms with E-state index in [4.69, 9.17) is 14.5 Å². The SMILES string of the molecule is C[C@@H](NC(=O)c1cccc(C#N)c1)C(=O)N1CCN(CCCOc2ccc(-c3noc(CC4CCCC4)n3)c(F)c2)CC1. The first-order valence-corrected chi connectivity index (χ1v) is 15.0. The van der Waals surface area contributed by atoms with E-state index in [0.717, 1.165) is 19.4 Å². The molecule has 1 saturated heterocycles. The van der Waals surface area contributed by atoms with Crippen LogP contribution in [0.15, 0.2) is 47.0 Å². The molecule has 10 nitrogen and oxygen atoms in total. The molecular formula is C32H37FN6O4. The Bertz CT molecular complexity index is 1460. The summed E-state index contributed by atoms with van der Waals surface area (Å²) in [6.07, 6.45) is 6.33. The van der Waals surface area contributed by atoms with Gasteiger partial charge < -0.3 is 19.5 Å². The number of nitrogens with one attached hydrogen (secondary N) is 1. The van der Waals surface area contributed by atoms with Gasteiger partial charge in [-0.05, 0) is 62.4 Å². The molecular weight excluding hydrogens is 551 g/mol. The van der Waals surface area contributed by atoms with Gasteiger partial charge in [-0.15, -0.1) is 0 Å². The molecule has 0 bridgehead atoms. The normalized spacial score (nSPS) is 16.5. The number of nitrogens with zero attached hydrogens (tertiary/aromatic N) is 5. The molecule has 2 aliphatic rings. The van der Waals surface area contributed by atoms with Crippen LogP contribution in [-0.4, -0.2) is 77.1 Å². The van der Waals surface area contributed by atoms with Gasteiger partial charge in [0.05, 0.1) is 23.8 Å². The van der Waals surface area contributed by atoms with Crippen LogP contribution < -0.4 is 10.1 Å². The molecule has 2 heterocycles. The largest absolute Gasteiger partial charge is 0.493 e. The first kappa shape index (κ1) is 30.2.